The summed E-state index contributed by atoms with van der Waals surface area (Å²) in [6.07, 6.45) is 1.53. The molecule has 1 N–H and O–H groups in total. The van der Waals surface area contributed by atoms with E-state index in [9.17, 15) is 4.79 Å². The SMILES string of the molecule is Cc1nc(-c2ccnc(N3CCN(C(=O)OCC(C)(C)C)CC3)c2)n[nH]1. The minimum Gasteiger partial charge on any atom is -0.449 e. The molecule has 8 heteroatoms. The van der Waals surface area contributed by atoms with Gasteiger partial charge in [0, 0.05) is 37.9 Å². The van der Waals surface area contributed by atoms with Gasteiger partial charge in [0.25, 0.3) is 0 Å². The van der Waals surface area contributed by atoms with Crippen molar-refractivity contribution in [2.45, 2.75) is 27.7 Å². The fraction of sp³-hybridized carbons (Fsp3) is 0.556. The molecule has 0 aliphatic carbocycles. The van der Waals surface area contributed by atoms with E-state index in [1.54, 1.807) is 11.1 Å². The van der Waals surface area contributed by atoms with Crippen LogP contribution in [0.3, 0.4) is 0 Å². The molecule has 2 aromatic heterocycles. The van der Waals surface area contributed by atoms with Crippen molar-refractivity contribution in [3.63, 3.8) is 0 Å². The number of hydrogen-bond acceptors (Lipinski definition) is 6. The molecule has 26 heavy (non-hydrogen) atoms. The molecule has 1 aliphatic rings. The van der Waals surface area contributed by atoms with Crippen molar-refractivity contribution in [2.24, 2.45) is 5.41 Å². The second-order valence-electron chi connectivity index (χ2n) is 7.74. The van der Waals surface area contributed by atoms with E-state index in [2.05, 4.69) is 25.1 Å². The summed E-state index contributed by atoms with van der Waals surface area (Å²) in [5, 5.41) is 7.05. The van der Waals surface area contributed by atoms with E-state index in [1.807, 2.05) is 39.8 Å². The van der Waals surface area contributed by atoms with E-state index in [1.165, 1.54) is 0 Å². The lowest BCUT2D eigenvalue weighted by atomic mass is 9.99. The zero-order chi connectivity index (χ0) is 18.7. The molecule has 0 radical (unpaired) electrons. The molecule has 3 rings (SSSR count). The fourth-order valence-corrected chi connectivity index (χ4v) is 2.69. The summed E-state index contributed by atoms with van der Waals surface area (Å²) < 4.78 is 5.40. The summed E-state index contributed by atoms with van der Waals surface area (Å²) in [6.45, 7) is 11.1. The van der Waals surface area contributed by atoms with Gasteiger partial charge in [-0.1, -0.05) is 20.8 Å². The monoisotopic (exact) mass is 358 g/mol. The molecule has 0 saturated carbocycles. The van der Waals surface area contributed by atoms with Crippen LogP contribution in [0, 0.1) is 12.3 Å². The van der Waals surface area contributed by atoms with E-state index in [0.29, 0.717) is 38.6 Å². The Bertz CT molecular complexity index is 759. The maximum atomic E-state index is 12.2. The van der Waals surface area contributed by atoms with Crippen LogP contribution in [0.1, 0.15) is 26.6 Å². The van der Waals surface area contributed by atoms with E-state index in [0.717, 1.165) is 17.2 Å². The summed E-state index contributed by atoms with van der Waals surface area (Å²) in [7, 11) is 0. The van der Waals surface area contributed by atoms with Gasteiger partial charge in [-0.05, 0) is 24.5 Å². The van der Waals surface area contributed by atoms with Gasteiger partial charge in [0.1, 0.15) is 11.6 Å². The third-order valence-electron chi connectivity index (χ3n) is 4.09. The Balaban J connectivity index is 1.59. The van der Waals surface area contributed by atoms with Crippen molar-refractivity contribution in [3.8, 4) is 11.4 Å². The lowest BCUT2D eigenvalue weighted by Crippen LogP contribution is -2.49. The molecule has 3 heterocycles. The van der Waals surface area contributed by atoms with E-state index < -0.39 is 0 Å². The Hall–Kier alpha value is -2.64. The van der Waals surface area contributed by atoms with Crippen LogP contribution in [0.2, 0.25) is 0 Å². The molecule has 0 spiro atoms. The number of aryl methyl sites for hydroxylation is 1. The van der Waals surface area contributed by atoms with Gasteiger partial charge in [0.05, 0.1) is 6.61 Å². The van der Waals surface area contributed by atoms with Crippen LogP contribution >= 0.6 is 0 Å². The molecule has 0 bridgehead atoms. The quantitative estimate of drug-likeness (QED) is 0.907. The molecule has 0 unspecified atom stereocenters. The van der Waals surface area contributed by atoms with Crippen molar-refractivity contribution in [2.75, 3.05) is 37.7 Å². The minimum absolute atomic E-state index is 0.0273. The highest BCUT2D eigenvalue weighted by atomic mass is 16.6. The van der Waals surface area contributed by atoms with Gasteiger partial charge in [0.2, 0.25) is 0 Å². The zero-order valence-electron chi connectivity index (χ0n) is 15.8. The fourth-order valence-electron chi connectivity index (χ4n) is 2.69. The third-order valence-corrected chi connectivity index (χ3v) is 4.09. The topological polar surface area (TPSA) is 87.2 Å². The van der Waals surface area contributed by atoms with Gasteiger partial charge in [-0.25, -0.2) is 14.8 Å². The standard InChI is InChI=1S/C18H26N6O2/c1-13-20-16(22-21-13)14-5-6-19-15(11-14)23-7-9-24(10-8-23)17(25)26-12-18(2,3)4/h5-6,11H,7-10,12H2,1-4H3,(H,20,21,22). The molecule has 1 aliphatic heterocycles. The predicted octanol–water partition coefficient (Wildman–Crippen LogP) is 2.48. The summed E-state index contributed by atoms with van der Waals surface area (Å²) in [6, 6.07) is 3.88. The van der Waals surface area contributed by atoms with Crippen LogP contribution in [-0.4, -0.2) is 63.9 Å². The number of pyridine rings is 1. The van der Waals surface area contributed by atoms with Gasteiger partial charge in [0.15, 0.2) is 5.82 Å². The molecule has 2 aromatic rings. The number of nitrogens with zero attached hydrogens (tertiary/aromatic N) is 5. The smallest absolute Gasteiger partial charge is 0.409 e. The van der Waals surface area contributed by atoms with Gasteiger partial charge >= 0.3 is 6.09 Å². The third kappa shape index (κ3) is 4.50. The number of hydrogen-bond donors (Lipinski definition) is 1. The van der Waals surface area contributed by atoms with Crippen molar-refractivity contribution in [1.29, 1.82) is 0 Å². The maximum absolute atomic E-state index is 12.2. The molecule has 140 valence electrons. The molecule has 0 atom stereocenters. The van der Waals surface area contributed by atoms with Crippen molar-refractivity contribution < 1.29 is 9.53 Å². The van der Waals surface area contributed by atoms with Crippen LogP contribution in [0.5, 0.6) is 0 Å². The van der Waals surface area contributed by atoms with E-state index in [-0.39, 0.29) is 11.5 Å². The lowest BCUT2D eigenvalue weighted by Gasteiger charge is -2.35. The number of aromatic amines is 1. The minimum atomic E-state index is -0.238. The second-order valence-corrected chi connectivity index (χ2v) is 7.74. The average molecular weight is 358 g/mol. The van der Waals surface area contributed by atoms with E-state index in [4.69, 9.17) is 4.74 Å². The number of rotatable bonds is 3. The predicted molar refractivity (Wildman–Crippen MR) is 98.9 cm³/mol. The first-order chi connectivity index (χ1) is 12.3. The van der Waals surface area contributed by atoms with Crippen LogP contribution in [0.15, 0.2) is 18.3 Å². The van der Waals surface area contributed by atoms with Gasteiger partial charge < -0.3 is 14.5 Å². The van der Waals surface area contributed by atoms with Crippen molar-refractivity contribution in [3.05, 3.63) is 24.2 Å². The highest BCUT2D eigenvalue weighted by Gasteiger charge is 2.24. The Kier molecular flexibility index (Phi) is 5.11. The summed E-state index contributed by atoms with van der Waals surface area (Å²) in [4.78, 5) is 24.9. The number of H-pyrrole nitrogens is 1. The van der Waals surface area contributed by atoms with Crippen LogP contribution in [0.25, 0.3) is 11.4 Å². The Morgan fingerprint density at radius 1 is 1.27 bits per heavy atom. The first-order valence-electron chi connectivity index (χ1n) is 8.84. The number of piperazine rings is 1. The summed E-state index contributed by atoms with van der Waals surface area (Å²) in [5.74, 6) is 2.31. The highest BCUT2D eigenvalue weighted by molar-refractivity contribution is 5.68. The number of nitrogens with one attached hydrogen (secondary N) is 1. The average Bonchev–Trinajstić information content (AvgIpc) is 3.06. The number of amides is 1. The first kappa shape index (κ1) is 18.2. The van der Waals surface area contributed by atoms with Crippen molar-refractivity contribution in [1.82, 2.24) is 25.1 Å². The Morgan fingerprint density at radius 2 is 2.00 bits per heavy atom. The van der Waals surface area contributed by atoms with Crippen LogP contribution in [-0.2, 0) is 4.74 Å². The first-order valence-corrected chi connectivity index (χ1v) is 8.84. The lowest BCUT2D eigenvalue weighted by molar-refractivity contribution is 0.0707. The molecule has 0 aromatic carbocycles. The number of carbonyl (C=O) groups is 1. The summed E-state index contributed by atoms with van der Waals surface area (Å²) >= 11 is 0. The highest BCUT2D eigenvalue weighted by Crippen LogP contribution is 2.21. The van der Waals surface area contributed by atoms with Crippen LogP contribution in [0.4, 0.5) is 10.6 Å². The van der Waals surface area contributed by atoms with Gasteiger partial charge in [-0.15, -0.1) is 0 Å². The second kappa shape index (κ2) is 7.31. The molecular weight excluding hydrogens is 332 g/mol. The van der Waals surface area contributed by atoms with Gasteiger partial charge in [-0.3, -0.25) is 5.10 Å². The molecular formula is C18H26N6O2. The van der Waals surface area contributed by atoms with E-state index >= 15 is 0 Å². The zero-order valence-corrected chi connectivity index (χ0v) is 15.8. The number of carbonyl (C=O) groups excluding carboxylic acids is 1. The molecule has 8 nitrogen and oxygen atoms in total. The molecule has 1 saturated heterocycles. The largest absolute Gasteiger partial charge is 0.449 e. The number of ether oxygens (including phenoxy) is 1. The Labute approximate surface area is 153 Å². The van der Waals surface area contributed by atoms with Crippen molar-refractivity contribution >= 4 is 11.9 Å². The number of anilines is 1. The molecule has 1 fully saturated rings. The maximum Gasteiger partial charge on any atom is 0.409 e. The van der Waals surface area contributed by atoms with Gasteiger partial charge in [-0.2, -0.15) is 5.10 Å². The normalized spacial score (nSPS) is 15.2. The molecule has 1 amide bonds. The summed E-state index contributed by atoms with van der Waals surface area (Å²) in [5.41, 5.74) is 0.895. The number of aromatic nitrogens is 4. The van der Waals surface area contributed by atoms with Crippen LogP contribution < -0.4 is 4.90 Å². The Morgan fingerprint density at radius 3 is 2.62 bits per heavy atom.